The van der Waals surface area contributed by atoms with E-state index in [4.69, 9.17) is 26.3 Å². The summed E-state index contributed by atoms with van der Waals surface area (Å²) in [4.78, 5) is 23.7. The molecule has 0 aromatic heterocycles. The highest BCUT2D eigenvalue weighted by Gasteiger charge is 2.18. The number of benzene rings is 2. The molecule has 134 valence electrons. The zero-order valence-corrected chi connectivity index (χ0v) is 14.8. The van der Waals surface area contributed by atoms with E-state index in [-0.39, 0.29) is 6.54 Å². The number of halogens is 1. The van der Waals surface area contributed by atoms with Crippen molar-refractivity contribution in [1.29, 1.82) is 5.26 Å². The first-order valence-electron chi connectivity index (χ1n) is 7.83. The molecule has 6 nitrogen and oxygen atoms in total. The van der Waals surface area contributed by atoms with E-state index in [2.05, 4.69) is 5.32 Å². The Kier molecular flexibility index (Phi) is 7.01. The number of esters is 1. The third kappa shape index (κ3) is 5.80. The summed E-state index contributed by atoms with van der Waals surface area (Å²) < 4.78 is 10.4. The third-order valence-electron chi connectivity index (χ3n) is 3.41. The summed E-state index contributed by atoms with van der Waals surface area (Å²) in [7, 11) is 0. The van der Waals surface area contributed by atoms with Crippen LogP contribution in [0.25, 0.3) is 0 Å². The van der Waals surface area contributed by atoms with Crippen molar-refractivity contribution in [2.75, 3.05) is 6.61 Å². The van der Waals surface area contributed by atoms with Gasteiger partial charge in [0, 0.05) is 11.6 Å². The van der Waals surface area contributed by atoms with Crippen LogP contribution in [-0.4, -0.2) is 24.6 Å². The molecule has 26 heavy (non-hydrogen) atoms. The number of amides is 1. The number of nitrogens with zero attached hydrogens (tertiary/aromatic N) is 1. The molecular formula is C19H17ClN2O4. The normalized spacial score (nSPS) is 11.1. The summed E-state index contributed by atoms with van der Waals surface area (Å²) in [5, 5.41) is 11.9. The molecule has 2 aromatic carbocycles. The molecule has 0 bridgehead atoms. The van der Waals surface area contributed by atoms with Crippen LogP contribution in [0, 0.1) is 11.3 Å². The van der Waals surface area contributed by atoms with E-state index in [1.807, 2.05) is 12.1 Å². The summed E-state index contributed by atoms with van der Waals surface area (Å²) in [5.74, 6) is -0.678. The van der Waals surface area contributed by atoms with Gasteiger partial charge in [-0.1, -0.05) is 29.8 Å². The number of hydrogen-bond donors (Lipinski definition) is 1. The van der Waals surface area contributed by atoms with Crippen LogP contribution in [0.5, 0.6) is 5.75 Å². The van der Waals surface area contributed by atoms with Gasteiger partial charge in [-0.15, -0.1) is 0 Å². The average molecular weight is 373 g/mol. The fourth-order valence-corrected chi connectivity index (χ4v) is 2.20. The lowest BCUT2D eigenvalue weighted by Gasteiger charge is -2.14. The molecule has 0 fully saturated rings. The van der Waals surface area contributed by atoms with Gasteiger partial charge in [-0.05, 0) is 42.8 Å². The van der Waals surface area contributed by atoms with Crippen molar-refractivity contribution in [3.05, 3.63) is 64.7 Å². The SMILES string of the molecule is C[C@@H](Oc1ccc(C#N)cc1)C(=O)OCC(=O)NCc1ccccc1Cl. The largest absolute Gasteiger partial charge is 0.479 e. The summed E-state index contributed by atoms with van der Waals surface area (Å²) in [6, 6.07) is 15.4. The lowest BCUT2D eigenvalue weighted by atomic mass is 10.2. The molecule has 1 amide bonds. The van der Waals surface area contributed by atoms with Crippen molar-refractivity contribution >= 4 is 23.5 Å². The zero-order chi connectivity index (χ0) is 18.9. The van der Waals surface area contributed by atoms with Gasteiger partial charge in [-0.2, -0.15) is 5.26 Å². The Bertz CT molecular complexity index is 815. The van der Waals surface area contributed by atoms with Crippen LogP contribution in [-0.2, 0) is 20.9 Å². The van der Waals surface area contributed by atoms with Gasteiger partial charge in [0.1, 0.15) is 5.75 Å². The zero-order valence-electron chi connectivity index (χ0n) is 14.1. The molecular weight excluding hydrogens is 356 g/mol. The number of nitrogens with one attached hydrogen (secondary N) is 1. The maximum absolute atomic E-state index is 11.9. The first kappa shape index (κ1) is 19.3. The van der Waals surface area contributed by atoms with Crippen molar-refractivity contribution in [3.8, 4) is 11.8 Å². The van der Waals surface area contributed by atoms with Gasteiger partial charge in [0.2, 0.25) is 0 Å². The second-order valence-corrected chi connectivity index (χ2v) is 5.78. The smallest absolute Gasteiger partial charge is 0.347 e. The standard InChI is InChI=1S/C19H17ClN2O4/c1-13(26-16-8-6-14(10-21)7-9-16)19(24)25-12-18(23)22-11-15-4-2-3-5-17(15)20/h2-9,13H,11-12H2,1H3,(H,22,23)/t13-/m1/s1. The van der Waals surface area contributed by atoms with Crippen LogP contribution >= 0.6 is 11.6 Å². The van der Waals surface area contributed by atoms with E-state index in [9.17, 15) is 9.59 Å². The van der Waals surface area contributed by atoms with Gasteiger partial charge in [-0.3, -0.25) is 4.79 Å². The lowest BCUT2D eigenvalue weighted by molar-refractivity contribution is -0.154. The fraction of sp³-hybridized carbons (Fsp3) is 0.211. The predicted molar refractivity (Wildman–Crippen MR) is 95.5 cm³/mol. The first-order valence-corrected chi connectivity index (χ1v) is 8.21. The number of carbonyl (C=O) groups excluding carboxylic acids is 2. The van der Waals surface area contributed by atoms with Gasteiger partial charge in [0.15, 0.2) is 12.7 Å². The van der Waals surface area contributed by atoms with Crippen LogP contribution in [0.4, 0.5) is 0 Å². The van der Waals surface area contributed by atoms with Gasteiger partial charge in [-0.25, -0.2) is 4.79 Å². The van der Waals surface area contributed by atoms with Crippen molar-refractivity contribution in [3.63, 3.8) is 0 Å². The highest BCUT2D eigenvalue weighted by molar-refractivity contribution is 6.31. The third-order valence-corrected chi connectivity index (χ3v) is 3.78. The molecule has 0 aliphatic carbocycles. The summed E-state index contributed by atoms with van der Waals surface area (Å²) in [6.07, 6.45) is -0.890. The minimum Gasteiger partial charge on any atom is -0.479 e. The molecule has 1 atom stereocenters. The lowest BCUT2D eigenvalue weighted by Crippen LogP contribution is -2.32. The molecule has 0 saturated carbocycles. The molecule has 2 aromatic rings. The Balaban J connectivity index is 1.75. The fourth-order valence-electron chi connectivity index (χ4n) is 2.00. The van der Waals surface area contributed by atoms with Crippen molar-refractivity contribution in [2.24, 2.45) is 0 Å². The molecule has 0 heterocycles. The highest BCUT2D eigenvalue weighted by Crippen LogP contribution is 2.15. The topological polar surface area (TPSA) is 88.4 Å². The maximum atomic E-state index is 11.9. The Hall–Kier alpha value is -3.04. The van der Waals surface area contributed by atoms with Gasteiger partial charge in [0.05, 0.1) is 11.6 Å². The maximum Gasteiger partial charge on any atom is 0.347 e. The van der Waals surface area contributed by atoms with Gasteiger partial charge >= 0.3 is 5.97 Å². The van der Waals surface area contributed by atoms with Crippen LogP contribution in [0.1, 0.15) is 18.1 Å². The van der Waals surface area contributed by atoms with E-state index in [1.54, 1.807) is 42.5 Å². The Labute approximate surface area is 156 Å². The van der Waals surface area contributed by atoms with E-state index >= 15 is 0 Å². The number of nitriles is 1. The molecule has 0 saturated heterocycles. The minimum absolute atomic E-state index is 0.243. The summed E-state index contributed by atoms with van der Waals surface area (Å²) in [6.45, 7) is 1.35. The number of carbonyl (C=O) groups is 2. The van der Waals surface area contributed by atoms with Gasteiger partial charge in [0.25, 0.3) is 5.91 Å². The molecule has 1 N–H and O–H groups in total. The molecule has 0 spiro atoms. The van der Waals surface area contributed by atoms with E-state index in [0.717, 1.165) is 5.56 Å². The molecule has 0 aliphatic rings. The highest BCUT2D eigenvalue weighted by atomic mass is 35.5. The molecule has 0 unspecified atom stereocenters. The van der Waals surface area contributed by atoms with Crippen LogP contribution in [0.3, 0.4) is 0 Å². The molecule has 0 aliphatic heterocycles. The molecule has 7 heteroatoms. The first-order chi connectivity index (χ1) is 12.5. The second kappa shape index (κ2) is 9.44. The summed E-state index contributed by atoms with van der Waals surface area (Å²) >= 11 is 6.00. The Morgan fingerprint density at radius 3 is 2.54 bits per heavy atom. The molecule has 0 radical (unpaired) electrons. The number of rotatable bonds is 7. The second-order valence-electron chi connectivity index (χ2n) is 5.37. The van der Waals surface area contributed by atoms with Crippen LogP contribution in [0.15, 0.2) is 48.5 Å². The van der Waals surface area contributed by atoms with Crippen molar-refractivity contribution < 1.29 is 19.1 Å². The predicted octanol–water partition coefficient (Wildman–Crippen LogP) is 2.84. The van der Waals surface area contributed by atoms with Crippen molar-refractivity contribution in [2.45, 2.75) is 19.6 Å². The number of hydrogen-bond acceptors (Lipinski definition) is 5. The van der Waals surface area contributed by atoms with E-state index in [1.165, 1.54) is 6.92 Å². The van der Waals surface area contributed by atoms with Crippen LogP contribution < -0.4 is 10.1 Å². The Morgan fingerprint density at radius 2 is 1.88 bits per heavy atom. The van der Waals surface area contributed by atoms with E-state index in [0.29, 0.717) is 16.3 Å². The van der Waals surface area contributed by atoms with Crippen molar-refractivity contribution in [1.82, 2.24) is 5.32 Å². The monoisotopic (exact) mass is 372 g/mol. The summed E-state index contributed by atoms with van der Waals surface area (Å²) in [5.41, 5.74) is 1.26. The molecule has 2 rings (SSSR count). The quantitative estimate of drug-likeness (QED) is 0.755. The van der Waals surface area contributed by atoms with Crippen LogP contribution in [0.2, 0.25) is 5.02 Å². The minimum atomic E-state index is -0.890. The van der Waals surface area contributed by atoms with E-state index < -0.39 is 24.6 Å². The van der Waals surface area contributed by atoms with Gasteiger partial charge < -0.3 is 14.8 Å². The number of ether oxygens (including phenoxy) is 2. The Morgan fingerprint density at radius 1 is 1.19 bits per heavy atom. The average Bonchev–Trinajstić information content (AvgIpc) is 2.66.